The smallest absolute Gasteiger partial charge is 0.336 e. The molecular weight excluding hydrogens is 494 g/mol. The number of aryl methyl sites for hydroxylation is 1. The summed E-state index contributed by atoms with van der Waals surface area (Å²) in [6.07, 6.45) is 1.57. The van der Waals surface area contributed by atoms with Crippen LogP contribution < -0.4 is 20.2 Å². The highest BCUT2D eigenvalue weighted by atomic mass is 32.1. The summed E-state index contributed by atoms with van der Waals surface area (Å²) < 4.78 is 1.88. The monoisotopic (exact) mass is 515 g/mol. The molecule has 7 nitrogen and oxygen atoms in total. The van der Waals surface area contributed by atoms with Gasteiger partial charge in [-0.05, 0) is 54.6 Å². The van der Waals surface area contributed by atoms with Gasteiger partial charge in [-0.25, -0.2) is 9.79 Å². The summed E-state index contributed by atoms with van der Waals surface area (Å²) in [4.78, 5) is 44.8. The first-order chi connectivity index (χ1) is 17.3. The van der Waals surface area contributed by atoms with Crippen molar-refractivity contribution < 1.29 is 14.7 Å². The van der Waals surface area contributed by atoms with Crippen molar-refractivity contribution in [2.45, 2.75) is 19.9 Å². The van der Waals surface area contributed by atoms with Gasteiger partial charge in [-0.1, -0.05) is 53.8 Å². The number of nitrogens with one attached hydrogen (secondary N) is 1. The zero-order valence-corrected chi connectivity index (χ0v) is 21.0. The van der Waals surface area contributed by atoms with E-state index in [1.54, 1.807) is 31.2 Å². The number of amides is 1. The Balaban J connectivity index is 1.67. The number of aromatic nitrogens is 1. The number of carbonyl (C=O) groups is 2. The van der Waals surface area contributed by atoms with Crippen LogP contribution in [0.15, 0.2) is 87.1 Å². The number of benzene rings is 2. The molecule has 9 heteroatoms. The molecule has 2 aromatic heterocycles. The Hall–Kier alpha value is -4.08. The molecular formula is C27H21N3O4S2. The fraction of sp³-hybridized carbons (Fsp3) is 0.111. The average molecular weight is 516 g/mol. The Kier molecular flexibility index (Phi) is 6.26. The lowest BCUT2D eigenvalue weighted by Crippen LogP contribution is -2.40. The van der Waals surface area contributed by atoms with E-state index >= 15 is 0 Å². The van der Waals surface area contributed by atoms with Crippen LogP contribution in [-0.2, 0) is 4.79 Å². The zero-order chi connectivity index (χ0) is 25.4. The van der Waals surface area contributed by atoms with E-state index in [4.69, 9.17) is 0 Å². The van der Waals surface area contributed by atoms with Crippen LogP contribution in [0.5, 0.6) is 0 Å². The molecule has 0 spiro atoms. The number of hydrogen-bond donors (Lipinski definition) is 2. The van der Waals surface area contributed by atoms with E-state index < -0.39 is 12.0 Å². The number of allylic oxidation sites excluding steroid dienone is 1. The van der Waals surface area contributed by atoms with Gasteiger partial charge in [0.2, 0.25) is 0 Å². The van der Waals surface area contributed by atoms with E-state index in [1.807, 2.05) is 48.7 Å². The molecule has 0 aliphatic carbocycles. The third-order valence-electron chi connectivity index (χ3n) is 5.95. The van der Waals surface area contributed by atoms with Crippen LogP contribution in [0.2, 0.25) is 0 Å². The van der Waals surface area contributed by atoms with Crippen molar-refractivity contribution in [3.63, 3.8) is 0 Å². The Morgan fingerprint density at radius 1 is 1.06 bits per heavy atom. The Morgan fingerprint density at radius 2 is 1.81 bits per heavy atom. The molecule has 2 aromatic carbocycles. The van der Waals surface area contributed by atoms with Gasteiger partial charge in [-0.2, -0.15) is 0 Å². The van der Waals surface area contributed by atoms with Crippen LogP contribution in [0.1, 0.15) is 39.3 Å². The molecule has 0 fully saturated rings. The van der Waals surface area contributed by atoms with Crippen LogP contribution in [0.25, 0.3) is 6.08 Å². The normalized spacial score (nSPS) is 15.4. The Morgan fingerprint density at radius 3 is 2.53 bits per heavy atom. The molecule has 0 saturated carbocycles. The number of carboxylic acid groups (broad SMARTS) is 1. The number of thiophene rings is 1. The van der Waals surface area contributed by atoms with Crippen molar-refractivity contribution in [2.75, 3.05) is 5.32 Å². The summed E-state index contributed by atoms with van der Waals surface area (Å²) >= 11 is 2.63. The minimum atomic E-state index is -1.07. The van der Waals surface area contributed by atoms with Crippen LogP contribution in [0.3, 0.4) is 0 Å². The summed E-state index contributed by atoms with van der Waals surface area (Å²) in [5.74, 6) is -1.40. The lowest BCUT2D eigenvalue weighted by molar-refractivity contribution is -0.113. The van der Waals surface area contributed by atoms with Crippen LogP contribution >= 0.6 is 22.7 Å². The molecule has 0 bridgehead atoms. The van der Waals surface area contributed by atoms with Crippen molar-refractivity contribution in [2.24, 2.45) is 4.99 Å². The van der Waals surface area contributed by atoms with E-state index in [9.17, 15) is 19.5 Å². The molecule has 2 N–H and O–H groups in total. The maximum Gasteiger partial charge on any atom is 0.336 e. The highest BCUT2D eigenvalue weighted by Crippen LogP contribution is 2.33. The van der Waals surface area contributed by atoms with E-state index in [-0.39, 0.29) is 17.0 Å². The van der Waals surface area contributed by atoms with Gasteiger partial charge >= 0.3 is 5.97 Å². The first-order valence-electron chi connectivity index (χ1n) is 11.1. The van der Waals surface area contributed by atoms with Gasteiger partial charge in [0.1, 0.15) is 6.04 Å². The fourth-order valence-corrected chi connectivity index (χ4v) is 6.05. The average Bonchev–Trinajstić information content (AvgIpc) is 3.48. The van der Waals surface area contributed by atoms with Crippen LogP contribution in [0.4, 0.5) is 5.69 Å². The number of aromatic carboxylic acids is 1. The molecule has 1 unspecified atom stereocenters. The van der Waals surface area contributed by atoms with Gasteiger partial charge in [0, 0.05) is 10.6 Å². The van der Waals surface area contributed by atoms with Crippen molar-refractivity contribution in [1.82, 2.24) is 4.57 Å². The highest BCUT2D eigenvalue weighted by Gasteiger charge is 2.33. The summed E-state index contributed by atoms with van der Waals surface area (Å²) in [5.41, 5.74) is 2.74. The molecule has 1 amide bonds. The maximum atomic E-state index is 13.7. The minimum Gasteiger partial charge on any atom is -0.478 e. The number of carboxylic acids is 1. The van der Waals surface area contributed by atoms with Crippen molar-refractivity contribution in [1.29, 1.82) is 0 Å². The first-order valence-corrected chi connectivity index (χ1v) is 12.8. The number of fused-ring (bicyclic) bond motifs is 1. The number of anilines is 1. The number of para-hydroxylation sites is 1. The van der Waals surface area contributed by atoms with Gasteiger partial charge < -0.3 is 10.4 Å². The topological polar surface area (TPSA) is 101 Å². The van der Waals surface area contributed by atoms with Gasteiger partial charge in [0.25, 0.3) is 11.5 Å². The van der Waals surface area contributed by atoms with E-state index in [1.165, 1.54) is 33.3 Å². The lowest BCUT2D eigenvalue weighted by Gasteiger charge is -2.24. The summed E-state index contributed by atoms with van der Waals surface area (Å²) in [5, 5.41) is 14.4. The molecule has 1 aliphatic heterocycles. The van der Waals surface area contributed by atoms with E-state index in [0.29, 0.717) is 31.9 Å². The second kappa shape index (κ2) is 9.52. The minimum absolute atomic E-state index is 0.104. The predicted molar refractivity (Wildman–Crippen MR) is 141 cm³/mol. The first kappa shape index (κ1) is 23.7. The third kappa shape index (κ3) is 4.23. The molecule has 1 aliphatic rings. The molecule has 4 aromatic rings. The van der Waals surface area contributed by atoms with Crippen molar-refractivity contribution >= 4 is 46.3 Å². The molecule has 5 rings (SSSR count). The highest BCUT2D eigenvalue weighted by molar-refractivity contribution is 7.10. The lowest BCUT2D eigenvalue weighted by atomic mass is 10.0. The number of carbonyl (C=O) groups excluding carboxylic acids is 1. The number of hydrogen-bond acceptors (Lipinski definition) is 6. The van der Waals surface area contributed by atoms with Crippen molar-refractivity contribution in [3.05, 3.63) is 119 Å². The second-order valence-corrected chi connectivity index (χ2v) is 10.2. The standard InChI is InChI=1S/C27H21N3O4S2/c1-15-8-3-6-11-19(15)29-24(31)22-16(2)28-27-30(23(22)20-12-7-13-35-20)25(32)21(36-27)14-17-9-4-5-10-18(17)26(33)34/h3-14,23H,1-2H3,(H,29,31)(H,33,34)/b21-14+. The summed E-state index contributed by atoms with van der Waals surface area (Å²) in [6, 6.07) is 17.1. The quantitative estimate of drug-likeness (QED) is 0.420. The van der Waals surface area contributed by atoms with E-state index in [0.717, 1.165) is 10.4 Å². The van der Waals surface area contributed by atoms with Gasteiger partial charge in [-0.15, -0.1) is 11.3 Å². The second-order valence-electron chi connectivity index (χ2n) is 8.26. The van der Waals surface area contributed by atoms with Crippen LogP contribution in [-0.4, -0.2) is 21.6 Å². The Bertz CT molecular complexity index is 1710. The molecule has 3 heterocycles. The molecule has 180 valence electrons. The molecule has 36 heavy (non-hydrogen) atoms. The zero-order valence-electron chi connectivity index (χ0n) is 19.4. The largest absolute Gasteiger partial charge is 0.478 e. The van der Waals surface area contributed by atoms with Crippen molar-refractivity contribution in [3.8, 4) is 0 Å². The van der Waals surface area contributed by atoms with Gasteiger partial charge in [0.15, 0.2) is 4.80 Å². The number of nitrogens with zero attached hydrogens (tertiary/aromatic N) is 2. The number of rotatable bonds is 5. The van der Waals surface area contributed by atoms with Crippen LogP contribution in [0, 0.1) is 6.92 Å². The van der Waals surface area contributed by atoms with Gasteiger partial charge in [-0.3, -0.25) is 14.2 Å². The molecule has 0 radical (unpaired) electrons. The van der Waals surface area contributed by atoms with Gasteiger partial charge in [0.05, 0.1) is 21.4 Å². The third-order valence-corrected chi connectivity index (χ3v) is 7.86. The van der Waals surface area contributed by atoms with E-state index in [2.05, 4.69) is 10.3 Å². The fourth-order valence-electron chi connectivity index (χ4n) is 4.19. The SMILES string of the molecule is CC1=C(C(=O)Nc2ccccc2C)C(c2cccs2)n2c(s/c(=C/c3ccccc3C(=O)O)c2=O)=N1. The maximum absolute atomic E-state index is 13.7. The predicted octanol–water partition coefficient (Wildman–Crippen LogP) is 3.94. The Labute approximate surface area is 214 Å². The summed E-state index contributed by atoms with van der Waals surface area (Å²) in [7, 11) is 0. The molecule has 1 atom stereocenters. The number of thiazole rings is 1. The molecule has 0 saturated heterocycles. The summed E-state index contributed by atoms with van der Waals surface area (Å²) in [6.45, 7) is 3.68.